The molecule has 2 aromatic rings. The summed E-state index contributed by atoms with van der Waals surface area (Å²) in [6, 6.07) is 10.7. The highest BCUT2D eigenvalue weighted by Crippen LogP contribution is 2.33. The largest absolute Gasteiger partial charge is 0.356 e. The van der Waals surface area contributed by atoms with Gasteiger partial charge in [-0.05, 0) is 48.6 Å². The van der Waals surface area contributed by atoms with E-state index in [2.05, 4.69) is 20.7 Å². The van der Waals surface area contributed by atoms with Crippen molar-refractivity contribution >= 4 is 11.7 Å². The van der Waals surface area contributed by atoms with Gasteiger partial charge < -0.3 is 9.80 Å². The minimum absolute atomic E-state index is 0.0277. The van der Waals surface area contributed by atoms with Crippen LogP contribution in [0.4, 0.5) is 10.2 Å². The number of piperidine rings is 1. The van der Waals surface area contributed by atoms with Gasteiger partial charge in [-0.2, -0.15) is 0 Å². The third-order valence-corrected chi connectivity index (χ3v) is 6.01. The molecule has 0 saturated carbocycles. The molecule has 0 radical (unpaired) electrons. The molecule has 2 aliphatic rings. The van der Waals surface area contributed by atoms with Crippen molar-refractivity contribution in [1.82, 2.24) is 20.7 Å². The fraction of sp³-hybridized carbons (Fsp3) is 0.455. The maximum atomic E-state index is 13.3. The van der Waals surface area contributed by atoms with Crippen LogP contribution in [0.3, 0.4) is 0 Å². The van der Waals surface area contributed by atoms with Crippen LogP contribution < -0.4 is 15.8 Å². The van der Waals surface area contributed by atoms with E-state index in [-0.39, 0.29) is 23.7 Å². The van der Waals surface area contributed by atoms with Gasteiger partial charge >= 0.3 is 0 Å². The maximum Gasteiger partial charge on any atom is 0.257 e. The molecule has 6 nitrogen and oxygen atoms in total. The normalized spacial score (nSPS) is 24.5. The molecule has 0 aliphatic carbocycles. The summed E-state index contributed by atoms with van der Waals surface area (Å²) in [5.74, 6) is 1.21. The molecular weight excluding hydrogens is 369 g/mol. The number of pyridine rings is 1. The number of anilines is 1. The lowest BCUT2D eigenvalue weighted by atomic mass is 9.81. The van der Waals surface area contributed by atoms with Crippen molar-refractivity contribution < 1.29 is 9.18 Å². The average molecular weight is 397 g/mol. The summed E-state index contributed by atoms with van der Waals surface area (Å²) < 4.78 is 13.3. The first-order valence-electron chi connectivity index (χ1n) is 10.2. The minimum atomic E-state index is -0.207. The van der Waals surface area contributed by atoms with Crippen LogP contribution >= 0.6 is 0 Å². The Kier molecular flexibility index (Phi) is 5.78. The summed E-state index contributed by atoms with van der Waals surface area (Å²) in [7, 11) is 3.53. The van der Waals surface area contributed by atoms with Crippen LogP contribution in [0.25, 0.3) is 0 Å². The van der Waals surface area contributed by atoms with Crippen LogP contribution in [0, 0.1) is 11.7 Å². The molecule has 1 amide bonds. The zero-order valence-corrected chi connectivity index (χ0v) is 16.9. The first kappa shape index (κ1) is 19.8. The SMILES string of the molecule is CN(C)C(=O)c1cccnc1N1CCCC(C2NNCC2c2ccc(F)cc2)C1. The molecule has 154 valence electrons. The Bertz CT molecular complexity index is 857. The van der Waals surface area contributed by atoms with Gasteiger partial charge in [-0.15, -0.1) is 0 Å². The molecule has 1 aromatic heterocycles. The molecule has 2 N–H and O–H groups in total. The van der Waals surface area contributed by atoms with Crippen molar-refractivity contribution in [2.45, 2.75) is 24.8 Å². The lowest BCUT2D eigenvalue weighted by Crippen LogP contribution is -2.47. The molecule has 2 saturated heterocycles. The number of aromatic nitrogens is 1. The molecule has 7 heteroatoms. The van der Waals surface area contributed by atoms with E-state index in [9.17, 15) is 9.18 Å². The first-order chi connectivity index (χ1) is 14.0. The first-order valence-corrected chi connectivity index (χ1v) is 10.2. The van der Waals surface area contributed by atoms with Crippen molar-refractivity contribution in [2.24, 2.45) is 5.92 Å². The molecule has 3 atom stereocenters. The van der Waals surface area contributed by atoms with Gasteiger partial charge in [0.1, 0.15) is 11.6 Å². The second kappa shape index (κ2) is 8.47. The van der Waals surface area contributed by atoms with Crippen LogP contribution in [0.15, 0.2) is 42.6 Å². The predicted octanol–water partition coefficient (Wildman–Crippen LogP) is 2.40. The number of hydrogen-bond acceptors (Lipinski definition) is 5. The fourth-order valence-electron chi connectivity index (χ4n) is 4.55. The van der Waals surface area contributed by atoms with Crippen molar-refractivity contribution in [3.05, 3.63) is 59.5 Å². The van der Waals surface area contributed by atoms with E-state index in [0.717, 1.165) is 43.9 Å². The Balaban J connectivity index is 1.55. The Morgan fingerprint density at radius 3 is 2.79 bits per heavy atom. The number of hydrazine groups is 1. The van der Waals surface area contributed by atoms with Crippen molar-refractivity contribution in [1.29, 1.82) is 0 Å². The smallest absolute Gasteiger partial charge is 0.257 e. The van der Waals surface area contributed by atoms with Crippen LogP contribution in [-0.2, 0) is 0 Å². The third kappa shape index (κ3) is 4.11. The van der Waals surface area contributed by atoms with E-state index in [0.29, 0.717) is 11.5 Å². The van der Waals surface area contributed by atoms with Crippen LogP contribution in [0.1, 0.15) is 34.7 Å². The number of carbonyl (C=O) groups excluding carboxylic acids is 1. The van der Waals surface area contributed by atoms with E-state index in [1.54, 1.807) is 25.2 Å². The van der Waals surface area contributed by atoms with E-state index >= 15 is 0 Å². The topological polar surface area (TPSA) is 60.5 Å². The predicted molar refractivity (Wildman–Crippen MR) is 111 cm³/mol. The number of nitrogens with one attached hydrogen (secondary N) is 2. The molecule has 2 fully saturated rings. The van der Waals surface area contributed by atoms with Crippen molar-refractivity contribution in [2.75, 3.05) is 38.6 Å². The van der Waals surface area contributed by atoms with Gasteiger partial charge in [-0.3, -0.25) is 15.6 Å². The summed E-state index contributed by atoms with van der Waals surface area (Å²) in [5.41, 5.74) is 8.53. The quantitative estimate of drug-likeness (QED) is 0.830. The van der Waals surface area contributed by atoms with Gasteiger partial charge in [0.15, 0.2) is 0 Å². The van der Waals surface area contributed by atoms with E-state index in [1.165, 1.54) is 12.1 Å². The summed E-state index contributed by atoms with van der Waals surface area (Å²) in [6.45, 7) is 2.55. The lowest BCUT2D eigenvalue weighted by Gasteiger charge is -2.38. The zero-order valence-electron chi connectivity index (χ0n) is 16.9. The molecule has 3 heterocycles. The summed E-state index contributed by atoms with van der Waals surface area (Å²) in [5, 5.41) is 0. The Morgan fingerprint density at radius 1 is 1.24 bits per heavy atom. The van der Waals surface area contributed by atoms with Crippen LogP contribution in [0.5, 0.6) is 0 Å². The number of benzene rings is 1. The number of nitrogens with zero attached hydrogens (tertiary/aromatic N) is 3. The number of amides is 1. The molecule has 3 unspecified atom stereocenters. The molecule has 1 aromatic carbocycles. The lowest BCUT2D eigenvalue weighted by molar-refractivity contribution is 0.0827. The van der Waals surface area contributed by atoms with E-state index < -0.39 is 0 Å². The van der Waals surface area contributed by atoms with Gasteiger partial charge in [0, 0.05) is 51.9 Å². The van der Waals surface area contributed by atoms with Crippen LogP contribution in [-0.4, -0.2) is 55.6 Å². The summed E-state index contributed by atoms with van der Waals surface area (Å²) >= 11 is 0. The monoisotopic (exact) mass is 397 g/mol. The summed E-state index contributed by atoms with van der Waals surface area (Å²) in [4.78, 5) is 21.0. The molecule has 0 spiro atoms. The van der Waals surface area contributed by atoms with Gasteiger partial charge in [0.2, 0.25) is 0 Å². The fourth-order valence-corrected chi connectivity index (χ4v) is 4.55. The van der Waals surface area contributed by atoms with Crippen molar-refractivity contribution in [3.63, 3.8) is 0 Å². The number of hydrogen-bond donors (Lipinski definition) is 2. The van der Waals surface area contributed by atoms with Gasteiger partial charge in [0.25, 0.3) is 5.91 Å². The maximum absolute atomic E-state index is 13.3. The highest BCUT2D eigenvalue weighted by molar-refractivity contribution is 5.98. The second-order valence-corrected chi connectivity index (χ2v) is 8.13. The van der Waals surface area contributed by atoms with Gasteiger partial charge in [0.05, 0.1) is 5.56 Å². The van der Waals surface area contributed by atoms with Gasteiger partial charge in [-0.1, -0.05) is 12.1 Å². The van der Waals surface area contributed by atoms with Gasteiger partial charge in [-0.25, -0.2) is 9.37 Å². The molecule has 29 heavy (non-hydrogen) atoms. The molecule has 0 bridgehead atoms. The number of halogens is 1. The summed E-state index contributed by atoms with van der Waals surface area (Å²) in [6.07, 6.45) is 3.91. The molecular formula is C22H28FN5O. The molecule has 4 rings (SSSR count). The number of carbonyl (C=O) groups is 1. The molecule has 2 aliphatic heterocycles. The highest BCUT2D eigenvalue weighted by Gasteiger charge is 2.37. The van der Waals surface area contributed by atoms with E-state index in [4.69, 9.17) is 0 Å². The minimum Gasteiger partial charge on any atom is -0.356 e. The Morgan fingerprint density at radius 2 is 2.03 bits per heavy atom. The Labute approximate surface area is 171 Å². The average Bonchev–Trinajstić information content (AvgIpc) is 3.24. The zero-order chi connectivity index (χ0) is 20.4. The van der Waals surface area contributed by atoms with Crippen molar-refractivity contribution in [3.8, 4) is 0 Å². The standard InChI is InChI=1S/C22H28FN5O/c1-27(2)22(29)18-6-3-11-24-21(18)28-12-4-5-16(14-28)20-19(13-25-26-20)15-7-9-17(23)10-8-15/h3,6-11,16,19-20,25-26H,4-5,12-14H2,1-2H3. The van der Waals surface area contributed by atoms with Crippen LogP contribution in [0.2, 0.25) is 0 Å². The highest BCUT2D eigenvalue weighted by atomic mass is 19.1. The Hall–Kier alpha value is -2.51. The van der Waals surface area contributed by atoms with E-state index in [1.807, 2.05) is 24.3 Å². The third-order valence-electron chi connectivity index (χ3n) is 6.01. The number of rotatable bonds is 4. The second-order valence-electron chi connectivity index (χ2n) is 8.13.